The van der Waals surface area contributed by atoms with Crippen LogP contribution in [0.15, 0.2) is 48.7 Å². The number of para-hydroxylation sites is 1. The standard InChI is InChI=1S/C16H12N2O/c1-19-14-8-4-7-13-15(14)16-11(9-17-13)10-5-2-3-6-12(10)18-16/h2-9,18H,1H3. The lowest BCUT2D eigenvalue weighted by Crippen LogP contribution is -1.87. The highest BCUT2D eigenvalue weighted by Crippen LogP contribution is 2.34. The Kier molecular flexibility index (Phi) is 2.03. The maximum Gasteiger partial charge on any atom is 0.130 e. The molecular formula is C16H12N2O. The highest BCUT2D eigenvalue weighted by atomic mass is 16.5. The van der Waals surface area contributed by atoms with Crippen molar-refractivity contribution in [1.82, 2.24) is 9.97 Å². The molecule has 0 aliphatic heterocycles. The first-order chi connectivity index (χ1) is 9.38. The molecule has 4 aromatic rings. The SMILES string of the molecule is COc1cccc2ncc3c4ccccc4[nH]c3c12. The van der Waals surface area contributed by atoms with Crippen molar-refractivity contribution in [2.45, 2.75) is 0 Å². The number of hydrogen-bond donors (Lipinski definition) is 1. The van der Waals surface area contributed by atoms with Gasteiger partial charge < -0.3 is 9.72 Å². The van der Waals surface area contributed by atoms with Crippen LogP contribution in [-0.2, 0) is 0 Å². The van der Waals surface area contributed by atoms with E-state index in [9.17, 15) is 0 Å². The van der Waals surface area contributed by atoms with Gasteiger partial charge in [0.25, 0.3) is 0 Å². The smallest absolute Gasteiger partial charge is 0.130 e. The number of ether oxygens (including phenoxy) is 1. The number of aromatic amines is 1. The lowest BCUT2D eigenvalue weighted by atomic mass is 10.1. The van der Waals surface area contributed by atoms with Gasteiger partial charge in [-0.1, -0.05) is 24.3 Å². The van der Waals surface area contributed by atoms with Gasteiger partial charge in [-0.3, -0.25) is 4.98 Å². The summed E-state index contributed by atoms with van der Waals surface area (Å²) in [6.45, 7) is 0. The Morgan fingerprint density at radius 1 is 1.00 bits per heavy atom. The molecule has 2 heterocycles. The summed E-state index contributed by atoms with van der Waals surface area (Å²) in [4.78, 5) is 8.02. The van der Waals surface area contributed by atoms with Gasteiger partial charge >= 0.3 is 0 Å². The highest BCUT2D eigenvalue weighted by molar-refractivity contribution is 6.17. The van der Waals surface area contributed by atoms with Crippen LogP contribution in [0.1, 0.15) is 0 Å². The van der Waals surface area contributed by atoms with Gasteiger partial charge in [0, 0.05) is 22.5 Å². The summed E-state index contributed by atoms with van der Waals surface area (Å²) in [6.07, 6.45) is 1.93. The highest BCUT2D eigenvalue weighted by Gasteiger charge is 2.11. The van der Waals surface area contributed by atoms with Gasteiger partial charge in [0.05, 0.1) is 23.5 Å². The summed E-state index contributed by atoms with van der Waals surface area (Å²) in [5.41, 5.74) is 3.15. The van der Waals surface area contributed by atoms with E-state index in [1.807, 2.05) is 36.5 Å². The average Bonchev–Trinajstić information content (AvgIpc) is 2.85. The zero-order valence-corrected chi connectivity index (χ0v) is 10.5. The Labute approximate surface area is 109 Å². The zero-order valence-electron chi connectivity index (χ0n) is 10.5. The molecule has 4 rings (SSSR count). The van der Waals surface area contributed by atoms with Crippen molar-refractivity contribution in [3.63, 3.8) is 0 Å². The molecular weight excluding hydrogens is 236 g/mol. The fraction of sp³-hybridized carbons (Fsp3) is 0.0625. The Balaban J connectivity index is 2.30. The quantitative estimate of drug-likeness (QED) is 0.555. The molecule has 0 radical (unpaired) electrons. The second kappa shape index (κ2) is 3.72. The van der Waals surface area contributed by atoms with Crippen molar-refractivity contribution in [3.8, 4) is 5.75 Å². The monoisotopic (exact) mass is 248 g/mol. The molecule has 0 unspecified atom stereocenters. The zero-order chi connectivity index (χ0) is 12.8. The van der Waals surface area contributed by atoms with Gasteiger partial charge in [-0.15, -0.1) is 0 Å². The third-order valence-corrected chi connectivity index (χ3v) is 3.55. The van der Waals surface area contributed by atoms with Crippen molar-refractivity contribution < 1.29 is 4.74 Å². The van der Waals surface area contributed by atoms with E-state index >= 15 is 0 Å². The van der Waals surface area contributed by atoms with Crippen LogP contribution >= 0.6 is 0 Å². The average molecular weight is 248 g/mol. The van der Waals surface area contributed by atoms with E-state index in [1.165, 1.54) is 5.39 Å². The molecule has 0 atom stereocenters. The Hall–Kier alpha value is -2.55. The molecule has 0 aliphatic rings. The minimum absolute atomic E-state index is 0.849. The first kappa shape index (κ1) is 10.4. The molecule has 0 amide bonds. The van der Waals surface area contributed by atoms with Crippen molar-refractivity contribution in [3.05, 3.63) is 48.7 Å². The van der Waals surface area contributed by atoms with Crippen molar-refractivity contribution in [2.24, 2.45) is 0 Å². The van der Waals surface area contributed by atoms with Crippen molar-refractivity contribution in [2.75, 3.05) is 7.11 Å². The fourth-order valence-corrected chi connectivity index (χ4v) is 2.68. The van der Waals surface area contributed by atoms with Crippen LogP contribution in [0.25, 0.3) is 32.7 Å². The lowest BCUT2D eigenvalue weighted by molar-refractivity contribution is 0.420. The topological polar surface area (TPSA) is 37.9 Å². The van der Waals surface area contributed by atoms with Gasteiger partial charge in [-0.2, -0.15) is 0 Å². The molecule has 0 bridgehead atoms. The first-order valence-electron chi connectivity index (χ1n) is 6.20. The maximum absolute atomic E-state index is 5.47. The van der Waals surface area contributed by atoms with Gasteiger partial charge in [-0.05, 0) is 18.2 Å². The number of H-pyrrole nitrogens is 1. The van der Waals surface area contributed by atoms with Crippen LogP contribution in [0.4, 0.5) is 0 Å². The molecule has 0 aliphatic carbocycles. The van der Waals surface area contributed by atoms with Crippen LogP contribution < -0.4 is 4.74 Å². The predicted molar refractivity (Wildman–Crippen MR) is 77.7 cm³/mol. The summed E-state index contributed by atoms with van der Waals surface area (Å²) >= 11 is 0. The molecule has 2 aromatic carbocycles. The molecule has 0 saturated heterocycles. The van der Waals surface area contributed by atoms with E-state index in [-0.39, 0.29) is 0 Å². The fourth-order valence-electron chi connectivity index (χ4n) is 2.68. The van der Waals surface area contributed by atoms with E-state index < -0.39 is 0 Å². The number of methoxy groups -OCH3 is 1. The van der Waals surface area contributed by atoms with Crippen LogP contribution in [0.3, 0.4) is 0 Å². The maximum atomic E-state index is 5.47. The molecule has 0 spiro atoms. The number of fused-ring (bicyclic) bond motifs is 5. The van der Waals surface area contributed by atoms with Gasteiger partial charge in [0.15, 0.2) is 0 Å². The van der Waals surface area contributed by atoms with Crippen LogP contribution in [-0.4, -0.2) is 17.1 Å². The lowest BCUT2D eigenvalue weighted by Gasteiger charge is -2.05. The Morgan fingerprint density at radius 3 is 2.79 bits per heavy atom. The minimum atomic E-state index is 0.849. The molecule has 0 fully saturated rings. The summed E-state index contributed by atoms with van der Waals surface area (Å²) in [5.74, 6) is 0.849. The Bertz CT molecular complexity index is 908. The number of rotatable bonds is 1. The van der Waals surface area contributed by atoms with Gasteiger partial charge in [0.1, 0.15) is 5.75 Å². The van der Waals surface area contributed by atoms with E-state index in [4.69, 9.17) is 4.74 Å². The minimum Gasteiger partial charge on any atom is -0.496 e. The molecule has 92 valence electrons. The van der Waals surface area contributed by atoms with Crippen LogP contribution in [0.5, 0.6) is 5.75 Å². The van der Waals surface area contributed by atoms with E-state index in [1.54, 1.807) is 7.11 Å². The summed E-state index contributed by atoms with van der Waals surface area (Å²) in [6, 6.07) is 14.2. The number of benzene rings is 2. The third kappa shape index (κ3) is 1.35. The van der Waals surface area contributed by atoms with Crippen LogP contribution in [0.2, 0.25) is 0 Å². The normalized spacial score (nSPS) is 11.4. The molecule has 1 N–H and O–H groups in total. The summed E-state index contributed by atoms with van der Waals surface area (Å²) < 4.78 is 5.47. The van der Waals surface area contributed by atoms with E-state index in [2.05, 4.69) is 22.1 Å². The number of nitrogens with zero attached hydrogens (tertiary/aromatic N) is 1. The number of hydrogen-bond acceptors (Lipinski definition) is 2. The first-order valence-corrected chi connectivity index (χ1v) is 6.20. The van der Waals surface area contributed by atoms with Crippen LogP contribution in [0, 0.1) is 0 Å². The van der Waals surface area contributed by atoms with Gasteiger partial charge in [-0.25, -0.2) is 0 Å². The summed E-state index contributed by atoms with van der Waals surface area (Å²) in [7, 11) is 1.69. The largest absolute Gasteiger partial charge is 0.496 e. The molecule has 19 heavy (non-hydrogen) atoms. The molecule has 3 nitrogen and oxygen atoms in total. The third-order valence-electron chi connectivity index (χ3n) is 3.55. The second-order valence-corrected chi connectivity index (χ2v) is 4.57. The van der Waals surface area contributed by atoms with E-state index in [0.29, 0.717) is 0 Å². The van der Waals surface area contributed by atoms with Crippen molar-refractivity contribution >= 4 is 32.7 Å². The molecule has 0 saturated carbocycles. The number of nitrogens with one attached hydrogen (secondary N) is 1. The van der Waals surface area contributed by atoms with Crippen molar-refractivity contribution in [1.29, 1.82) is 0 Å². The summed E-state index contributed by atoms with van der Waals surface area (Å²) in [5, 5.41) is 3.36. The van der Waals surface area contributed by atoms with Gasteiger partial charge in [0.2, 0.25) is 0 Å². The molecule has 2 aromatic heterocycles. The molecule has 3 heteroatoms. The second-order valence-electron chi connectivity index (χ2n) is 4.57. The Morgan fingerprint density at radius 2 is 1.89 bits per heavy atom. The number of pyridine rings is 1. The van der Waals surface area contributed by atoms with E-state index in [0.717, 1.165) is 33.1 Å². The number of aromatic nitrogens is 2. The predicted octanol–water partition coefficient (Wildman–Crippen LogP) is 3.88.